The Labute approximate surface area is 222 Å². The van der Waals surface area contributed by atoms with E-state index in [1.807, 2.05) is 0 Å². The van der Waals surface area contributed by atoms with Gasteiger partial charge in [-0.15, -0.1) is 0 Å². The smallest absolute Gasteiger partial charge is 0.370 e. The predicted octanol–water partition coefficient (Wildman–Crippen LogP) is 6.71. The maximum absolute atomic E-state index is 13.7. The van der Waals surface area contributed by atoms with E-state index in [0.717, 1.165) is 24.9 Å². The van der Waals surface area contributed by atoms with Gasteiger partial charge in [0.05, 0.1) is 29.4 Å². The predicted molar refractivity (Wildman–Crippen MR) is 130 cm³/mol. The van der Waals surface area contributed by atoms with Crippen LogP contribution < -0.4 is 5.32 Å². The number of amides is 1. The maximum Gasteiger partial charge on any atom is 0.416 e. The van der Waals surface area contributed by atoms with Crippen molar-refractivity contribution in [3.05, 3.63) is 70.5 Å². The minimum absolute atomic E-state index is 0.00911. The van der Waals surface area contributed by atoms with Crippen LogP contribution in [0.3, 0.4) is 0 Å². The molecule has 1 heterocycles. The van der Waals surface area contributed by atoms with Crippen molar-refractivity contribution >= 4 is 5.91 Å². The van der Waals surface area contributed by atoms with Gasteiger partial charge in [0.15, 0.2) is 0 Å². The van der Waals surface area contributed by atoms with Crippen LogP contribution in [-0.4, -0.2) is 43.1 Å². The largest absolute Gasteiger partial charge is 0.416 e. The minimum Gasteiger partial charge on any atom is -0.370 e. The average Bonchev–Trinajstić information content (AvgIpc) is 3.50. The molecular weight excluding hydrogens is 529 g/mol. The monoisotopic (exact) mass is 560 g/mol. The molecule has 1 saturated heterocycles. The SMILES string of the molecule is CNC(=O)[C@@H]1CCCN1C[C@@H]1CC[C@H](O[C@H](C)c2cc(C(F)(F)F)cc(C(F)(F)F)c2)[C@H]1c1ccc(F)cc1. The molecule has 5 atom stereocenters. The lowest BCUT2D eigenvalue weighted by Gasteiger charge is -2.32. The molecule has 2 aromatic carbocycles. The van der Waals surface area contributed by atoms with Crippen molar-refractivity contribution in [1.29, 1.82) is 0 Å². The van der Waals surface area contributed by atoms with Gasteiger partial charge in [0.25, 0.3) is 0 Å². The molecule has 0 unspecified atom stereocenters. The van der Waals surface area contributed by atoms with E-state index in [1.54, 1.807) is 19.2 Å². The number of nitrogens with one attached hydrogen (secondary N) is 1. The van der Waals surface area contributed by atoms with E-state index in [4.69, 9.17) is 4.74 Å². The van der Waals surface area contributed by atoms with Crippen LogP contribution in [0, 0.1) is 11.7 Å². The Morgan fingerprint density at radius 1 is 1.00 bits per heavy atom. The lowest BCUT2D eigenvalue weighted by Crippen LogP contribution is -2.44. The molecule has 0 radical (unpaired) electrons. The summed E-state index contributed by atoms with van der Waals surface area (Å²) in [6.45, 7) is 2.74. The molecule has 1 amide bonds. The van der Waals surface area contributed by atoms with E-state index >= 15 is 0 Å². The molecule has 11 heteroatoms. The molecule has 4 rings (SSSR count). The molecule has 0 aromatic heterocycles. The highest BCUT2D eigenvalue weighted by molar-refractivity contribution is 5.81. The van der Waals surface area contributed by atoms with Crippen LogP contribution in [0.15, 0.2) is 42.5 Å². The Kier molecular flexibility index (Phi) is 8.61. The first kappa shape index (κ1) is 29.3. The van der Waals surface area contributed by atoms with Gasteiger partial charge >= 0.3 is 12.4 Å². The van der Waals surface area contributed by atoms with E-state index in [0.29, 0.717) is 31.5 Å². The molecule has 214 valence electrons. The van der Waals surface area contributed by atoms with Gasteiger partial charge in [-0.1, -0.05) is 12.1 Å². The first-order valence-corrected chi connectivity index (χ1v) is 12.9. The summed E-state index contributed by atoms with van der Waals surface area (Å²) in [5.74, 6) is -0.797. The fourth-order valence-corrected chi connectivity index (χ4v) is 5.93. The molecule has 0 spiro atoms. The highest BCUT2D eigenvalue weighted by Gasteiger charge is 2.43. The second-order valence-corrected chi connectivity index (χ2v) is 10.3. The second-order valence-electron chi connectivity index (χ2n) is 10.3. The lowest BCUT2D eigenvalue weighted by molar-refractivity contribution is -0.143. The number of carbonyl (C=O) groups is 1. The molecule has 2 fully saturated rings. The van der Waals surface area contributed by atoms with E-state index < -0.39 is 41.5 Å². The number of alkyl halides is 6. The number of halogens is 7. The third kappa shape index (κ3) is 6.74. The summed E-state index contributed by atoms with van der Waals surface area (Å²) < 4.78 is 100. The number of likely N-dealkylation sites (N-methyl/N-ethyl adjacent to an activating group) is 1. The van der Waals surface area contributed by atoms with Crippen LogP contribution in [0.5, 0.6) is 0 Å². The summed E-state index contributed by atoms with van der Waals surface area (Å²) in [5, 5.41) is 2.69. The summed E-state index contributed by atoms with van der Waals surface area (Å²) in [6, 6.07) is 7.11. The molecule has 4 nitrogen and oxygen atoms in total. The van der Waals surface area contributed by atoms with Crippen molar-refractivity contribution in [2.75, 3.05) is 20.1 Å². The quantitative estimate of drug-likeness (QED) is 0.383. The number of carbonyl (C=O) groups excluding carboxylic acids is 1. The number of likely N-dealkylation sites (tertiary alicyclic amines) is 1. The van der Waals surface area contributed by atoms with Crippen LogP contribution in [-0.2, 0) is 21.9 Å². The Bertz CT molecular complexity index is 1120. The number of ether oxygens (including phenoxy) is 1. The number of hydrogen-bond donors (Lipinski definition) is 1. The van der Waals surface area contributed by atoms with E-state index in [9.17, 15) is 35.5 Å². The van der Waals surface area contributed by atoms with Gasteiger partial charge in [-0.2, -0.15) is 26.3 Å². The summed E-state index contributed by atoms with van der Waals surface area (Å²) in [5.41, 5.74) is -2.24. The Balaban J connectivity index is 1.61. The Morgan fingerprint density at radius 3 is 2.18 bits per heavy atom. The number of hydrogen-bond acceptors (Lipinski definition) is 3. The third-order valence-corrected chi connectivity index (χ3v) is 7.83. The van der Waals surface area contributed by atoms with Crippen molar-refractivity contribution in [3.63, 3.8) is 0 Å². The number of nitrogens with zero attached hydrogens (tertiary/aromatic N) is 1. The van der Waals surface area contributed by atoms with Crippen LogP contribution in [0.1, 0.15) is 66.9 Å². The van der Waals surface area contributed by atoms with Gasteiger partial charge in [0.1, 0.15) is 5.82 Å². The fraction of sp³-hybridized carbons (Fsp3) is 0.536. The molecule has 1 saturated carbocycles. The van der Waals surface area contributed by atoms with Gasteiger partial charge in [-0.25, -0.2) is 4.39 Å². The van der Waals surface area contributed by atoms with E-state index in [1.165, 1.54) is 19.1 Å². The Hall–Kier alpha value is -2.66. The first-order valence-electron chi connectivity index (χ1n) is 12.9. The van der Waals surface area contributed by atoms with Crippen LogP contribution in [0.2, 0.25) is 0 Å². The van der Waals surface area contributed by atoms with E-state index in [2.05, 4.69) is 10.2 Å². The highest BCUT2D eigenvalue weighted by Crippen LogP contribution is 2.45. The average molecular weight is 561 g/mol. The first-order chi connectivity index (χ1) is 18.3. The summed E-state index contributed by atoms with van der Waals surface area (Å²) >= 11 is 0. The topological polar surface area (TPSA) is 41.6 Å². The number of benzene rings is 2. The van der Waals surface area contributed by atoms with Crippen molar-refractivity contribution in [3.8, 4) is 0 Å². The molecule has 2 aromatic rings. The van der Waals surface area contributed by atoms with Crippen LogP contribution >= 0.6 is 0 Å². The molecular formula is C28H31F7N2O2. The minimum atomic E-state index is -4.96. The van der Waals surface area contributed by atoms with Gasteiger partial charge in [-0.3, -0.25) is 9.69 Å². The van der Waals surface area contributed by atoms with Gasteiger partial charge in [0, 0.05) is 19.5 Å². The van der Waals surface area contributed by atoms with Gasteiger partial charge in [0.2, 0.25) is 5.91 Å². The van der Waals surface area contributed by atoms with Crippen LogP contribution in [0.25, 0.3) is 0 Å². The van der Waals surface area contributed by atoms with Crippen LogP contribution in [0.4, 0.5) is 30.7 Å². The number of rotatable bonds is 7. The summed E-state index contributed by atoms with van der Waals surface area (Å²) in [6.07, 6.45) is -8.73. The van der Waals surface area contributed by atoms with Crippen molar-refractivity contribution in [2.24, 2.45) is 5.92 Å². The van der Waals surface area contributed by atoms with Crippen molar-refractivity contribution in [2.45, 2.75) is 69.1 Å². The van der Waals surface area contributed by atoms with Gasteiger partial charge < -0.3 is 10.1 Å². The zero-order valence-corrected chi connectivity index (χ0v) is 21.6. The van der Waals surface area contributed by atoms with Gasteiger partial charge in [-0.05, 0) is 86.5 Å². The summed E-state index contributed by atoms with van der Waals surface area (Å²) in [7, 11) is 1.58. The van der Waals surface area contributed by atoms with Crippen molar-refractivity contribution in [1.82, 2.24) is 10.2 Å². The molecule has 2 aliphatic rings. The lowest BCUT2D eigenvalue weighted by atomic mass is 9.86. The molecule has 1 aliphatic carbocycles. The zero-order chi connectivity index (χ0) is 28.5. The normalized spacial score (nSPS) is 25.2. The standard InChI is InChI=1S/C28H31F7N2O2/c1-16(19-12-20(27(30,31)32)14-21(13-19)28(33,34)35)39-24-10-7-18(25(24)17-5-8-22(29)9-6-17)15-37-11-3-4-23(37)26(38)36-2/h5-6,8-9,12-14,16,18,23-25H,3-4,7,10-11,15H2,1-2H3,(H,36,38)/t16-,18+,23+,24+,25+/m1/s1. The fourth-order valence-electron chi connectivity index (χ4n) is 5.93. The molecule has 0 bridgehead atoms. The van der Waals surface area contributed by atoms with Crippen molar-refractivity contribution < 1.29 is 40.3 Å². The molecule has 1 N–H and O–H groups in total. The molecule has 1 aliphatic heterocycles. The summed E-state index contributed by atoms with van der Waals surface area (Å²) in [4.78, 5) is 14.5. The van der Waals surface area contributed by atoms with E-state index in [-0.39, 0.29) is 35.4 Å². The third-order valence-electron chi connectivity index (χ3n) is 7.83. The second kappa shape index (κ2) is 11.4. The highest BCUT2D eigenvalue weighted by atomic mass is 19.4. The molecule has 39 heavy (non-hydrogen) atoms. The zero-order valence-electron chi connectivity index (χ0n) is 21.6. The Morgan fingerprint density at radius 2 is 1.62 bits per heavy atom. The maximum atomic E-state index is 13.7.